The minimum atomic E-state index is 0. The van der Waals surface area contributed by atoms with Crippen LogP contribution in [0.1, 0.15) is 11.1 Å². The van der Waals surface area contributed by atoms with Gasteiger partial charge in [0.15, 0.2) is 11.5 Å². The molecule has 2 aliphatic rings. The molecular formula is C22H12Cl2O2Zn2-2. The maximum absolute atomic E-state index is 5.96. The van der Waals surface area contributed by atoms with Gasteiger partial charge < -0.3 is 34.3 Å². The minimum Gasteiger partial charge on any atom is -1.00 e. The van der Waals surface area contributed by atoms with Crippen LogP contribution in [-0.2, 0) is 39.0 Å². The maximum Gasteiger partial charge on any atom is 0.177 e. The van der Waals surface area contributed by atoms with E-state index in [4.69, 9.17) is 9.47 Å². The second-order valence-corrected chi connectivity index (χ2v) is 5.69. The third kappa shape index (κ3) is 4.51. The van der Waals surface area contributed by atoms with Crippen molar-refractivity contribution in [3.63, 3.8) is 0 Å². The third-order valence-electron chi connectivity index (χ3n) is 4.07. The van der Waals surface area contributed by atoms with Crippen molar-refractivity contribution < 1.29 is 73.2 Å². The summed E-state index contributed by atoms with van der Waals surface area (Å²) in [5.74, 6) is 3.05. The van der Waals surface area contributed by atoms with E-state index in [9.17, 15) is 0 Å². The van der Waals surface area contributed by atoms with Crippen LogP contribution in [0.3, 0.4) is 0 Å². The molecule has 3 aromatic carbocycles. The number of halogens is 2. The normalized spacial score (nSPS) is 11.6. The van der Waals surface area contributed by atoms with Crippen LogP contribution in [0, 0.1) is 0 Å². The van der Waals surface area contributed by atoms with Gasteiger partial charge in [0.2, 0.25) is 0 Å². The number of hydrogen-bond acceptors (Lipinski definition) is 2. The maximum atomic E-state index is 5.96. The van der Waals surface area contributed by atoms with Crippen LogP contribution in [0.4, 0.5) is 0 Å². The summed E-state index contributed by atoms with van der Waals surface area (Å²) in [7, 11) is 0. The van der Waals surface area contributed by atoms with Crippen molar-refractivity contribution in [2.75, 3.05) is 0 Å². The first-order valence-corrected chi connectivity index (χ1v) is 7.79. The van der Waals surface area contributed by atoms with Gasteiger partial charge in [0.05, 0.1) is 10.4 Å². The van der Waals surface area contributed by atoms with E-state index in [1.54, 1.807) is 0 Å². The number of hydrogen-bond donors (Lipinski definition) is 0. The van der Waals surface area contributed by atoms with E-state index in [2.05, 4.69) is 11.5 Å². The van der Waals surface area contributed by atoms with Gasteiger partial charge in [0.25, 0.3) is 0 Å². The summed E-state index contributed by atoms with van der Waals surface area (Å²) < 4.78 is 11.9. The fourth-order valence-corrected chi connectivity index (χ4v) is 2.88. The molecule has 0 aliphatic carbocycles. The van der Waals surface area contributed by atoms with Crippen LogP contribution in [0.5, 0.6) is 11.5 Å². The topological polar surface area (TPSA) is 18.5 Å². The summed E-state index contributed by atoms with van der Waals surface area (Å²) in [5.41, 5.74) is 8.65. The zero-order valence-corrected chi connectivity index (χ0v) is 22.4. The molecule has 2 heterocycles. The molecule has 2 aliphatic heterocycles. The number of rotatable bonds is 2. The Balaban J connectivity index is 0.000000980. The van der Waals surface area contributed by atoms with Crippen LogP contribution in [0.2, 0.25) is 0 Å². The molecule has 5 rings (SSSR count). The SMILES string of the molecule is C1=C(c2ccccc2)Oc2cc3c(cc2=1)OC(c1ccccc1)=C=3.[Cl-].[Cl-].[Zn].[Zn]. The Bertz CT molecular complexity index is 1070. The molecule has 2 nitrogen and oxygen atoms in total. The molecule has 0 saturated heterocycles. The van der Waals surface area contributed by atoms with Crippen LogP contribution in [0.25, 0.3) is 23.0 Å². The van der Waals surface area contributed by atoms with Gasteiger partial charge in [0, 0.05) is 62.2 Å². The standard InChI is InChI=1S/C22H12O2.2ClH.2Zn/c1-3-7-15(8-4-1)19-11-17-13-22-18(14-21(17)23-19)12-20(24-22)16-9-5-2-6-10-16;;;;/h1-10,13-14H;2*1H;;/p-2. The van der Waals surface area contributed by atoms with Crippen LogP contribution in [0.15, 0.2) is 72.8 Å². The van der Waals surface area contributed by atoms with Crippen molar-refractivity contribution >= 4 is 23.0 Å². The van der Waals surface area contributed by atoms with Crippen molar-refractivity contribution in [2.45, 2.75) is 0 Å². The molecule has 132 valence electrons. The summed E-state index contributed by atoms with van der Waals surface area (Å²) in [6.45, 7) is 0. The van der Waals surface area contributed by atoms with E-state index in [0.717, 1.165) is 44.6 Å². The molecule has 0 saturated carbocycles. The van der Waals surface area contributed by atoms with E-state index in [-0.39, 0.29) is 63.8 Å². The zero-order chi connectivity index (χ0) is 15.9. The van der Waals surface area contributed by atoms with Crippen LogP contribution < -0.4 is 44.7 Å². The minimum absolute atomic E-state index is 0. The fraction of sp³-hybridized carbons (Fsp3) is 0. The van der Waals surface area contributed by atoms with E-state index < -0.39 is 0 Å². The molecule has 0 bridgehead atoms. The monoisotopic (exact) mass is 506 g/mol. The summed E-state index contributed by atoms with van der Waals surface area (Å²) in [5, 5.41) is 1.81. The second-order valence-electron chi connectivity index (χ2n) is 5.69. The Morgan fingerprint density at radius 1 is 0.536 bits per heavy atom. The molecule has 0 fully saturated rings. The zero-order valence-electron chi connectivity index (χ0n) is 14.9. The van der Waals surface area contributed by atoms with E-state index in [1.165, 1.54) is 0 Å². The average Bonchev–Trinajstić information content (AvgIpc) is 3.24. The molecule has 3 aromatic rings. The Morgan fingerprint density at radius 2 is 0.893 bits per heavy atom. The molecule has 0 atom stereocenters. The van der Waals surface area contributed by atoms with Crippen LogP contribution >= 0.6 is 0 Å². The predicted octanol–water partition coefficient (Wildman–Crippen LogP) is -2.68. The van der Waals surface area contributed by atoms with Gasteiger partial charge in [-0.2, -0.15) is 0 Å². The Morgan fingerprint density at radius 3 is 1.25 bits per heavy atom. The van der Waals surface area contributed by atoms with Gasteiger partial charge in [-0.1, -0.05) is 72.1 Å². The van der Waals surface area contributed by atoms with E-state index in [1.807, 2.05) is 72.8 Å². The molecule has 0 unspecified atom stereocenters. The second kappa shape index (κ2) is 10.2. The summed E-state index contributed by atoms with van der Waals surface area (Å²) in [4.78, 5) is 0. The number of benzene rings is 3. The van der Waals surface area contributed by atoms with Gasteiger partial charge in [-0.25, -0.2) is 0 Å². The fourth-order valence-electron chi connectivity index (χ4n) is 2.88. The number of ether oxygens (including phenoxy) is 2. The van der Waals surface area contributed by atoms with Crippen LogP contribution in [-0.4, -0.2) is 0 Å². The quantitative estimate of drug-likeness (QED) is 0.351. The summed E-state index contributed by atoms with van der Waals surface area (Å²) in [6, 6.07) is 23.9. The van der Waals surface area contributed by atoms with Crippen molar-refractivity contribution in [1.82, 2.24) is 0 Å². The van der Waals surface area contributed by atoms with E-state index >= 15 is 0 Å². The van der Waals surface area contributed by atoms with Gasteiger partial charge >= 0.3 is 0 Å². The smallest absolute Gasteiger partial charge is 0.177 e. The Labute approximate surface area is 201 Å². The van der Waals surface area contributed by atoms with Crippen molar-refractivity contribution in [1.29, 1.82) is 0 Å². The van der Waals surface area contributed by atoms with Crippen molar-refractivity contribution in [2.24, 2.45) is 0 Å². The van der Waals surface area contributed by atoms with Gasteiger partial charge in [0.1, 0.15) is 11.5 Å². The third-order valence-corrected chi connectivity index (χ3v) is 4.07. The van der Waals surface area contributed by atoms with E-state index in [0.29, 0.717) is 0 Å². The van der Waals surface area contributed by atoms with Crippen molar-refractivity contribution in [3.05, 3.63) is 94.4 Å². The first-order valence-electron chi connectivity index (χ1n) is 7.79. The summed E-state index contributed by atoms with van der Waals surface area (Å²) >= 11 is 0. The largest absolute Gasteiger partial charge is 1.00 e. The van der Waals surface area contributed by atoms with Gasteiger partial charge in [-0.15, -0.1) is 0 Å². The predicted molar refractivity (Wildman–Crippen MR) is 93.5 cm³/mol. The average molecular weight is 510 g/mol. The summed E-state index contributed by atoms with van der Waals surface area (Å²) in [6.07, 6.45) is 0. The molecule has 0 spiro atoms. The number of fused-ring (bicyclic) bond motifs is 2. The molecule has 28 heavy (non-hydrogen) atoms. The molecule has 6 heteroatoms. The molecular weight excluding hydrogens is 498 g/mol. The first kappa shape index (κ1) is 24.4. The Hall–Kier alpha value is -1.61. The molecule has 0 aromatic heterocycles. The van der Waals surface area contributed by atoms with Gasteiger partial charge in [-0.3, -0.25) is 0 Å². The van der Waals surface area contributed by atoms with Gasteiger partial charge in [-0.05, 0) is 0 Å². The molecule has 0 N–H and O–H groups in total. The van der Waals surface area contributed by atoms with Crippen molar-refractivity contribution in [3.8, 4) is 11.5 Å². The molecule has 0 amide bonds. The first-order chi connectivity index (χ1) is 11.9. The Kier molecular flexibility index (Phi) is 8.94. The molecule has 0 radical (unpaired) electrons.